The zero-order valence-electron chi connectivity index (χ0n) is 9.37. The van der Waals surface area contributed by atoms with E-state index in [0.717, 1.165) is 0 Å². The Morgan fingerprint density at radius 2 is 1.94 bits per heavy atom. The molecule has 1 saturated heterocycles. The van der Waals surface area contributed by atoms with Crippen LogP contribution in [0.4, 0.5) is 0 Å². The third-order valence-corrected chi connectivity index (χ3v) is 7.82. The number of thiophene rings is 1. The highest BCUT2D eigenvalue weighted by atomic mass is 35.5. The molecule has 9 heteroatoms. The van der Waals surface area contributed by atoms with Crippen LogP contribution >= 0.6 is 22.9 Å². The van der Waals surface area contributed by atoms with Crippen LogP contribution in [0.2, 0.25) is 0 Å². The van der Waals surface area contributed by atoms with Gasteiger partial charge >= 0.3 is 0 Å². The molecule has 18 heavy (non-hydrogen) atoms. The first kappa shape index (κ1) is 14.3. The third-order valence-electron chi connectivity index (χ3n) is 2.75. The van der Waals surface area contributed by atoms with Crippen molar-refractivity contribution in [3.05, 3.63) is 16.3 Å². The predicted molar refractivity (Wildman–Crippen MR) is 71.3 cm³/mol. The van der Waals surface area contributed by atoms with E-state index in [1.54, 1.807) is 5.38 Å². The van der Waals surface area contributed by atoms with Crippen LogP contribution in [0.25, 0.3) is 0 Å². The number of alkyl halides is 1. The summed E-state index contributed by atoms with van der Waals surface area (Å²) in [7, 11) is -6.71. The Kier molecular flexibility index (Phi) is 4.03. The first-order valence-corrected chi connectivity index (χ1v) is 9.87. The lowest BCUT2D eigenvalue weighted by molar-refractivity contribution is 0.430. The maximum atomic E-state index is 12.3. The first-order chi connectivity index (χ1) is 8.37. The second-order valence-electron chi connectivity index (χ2n) is 3.90. The maximum absolute atomic E-state index is 12.3. The smallest absolute Gasteiger partial charge is 0.229 e. The number of nitrogens with zero attached hydrogens (tertiary/aromatic N) is 1. The van der Waals surface area contributed by atoms with Gasteiger partial charge < -0.3 is 0 Å². The summed E-state index contributed by atoms with van der Waals surface area (Å²) in [6.45, 7) is 0.0322. The topological polar surface area (TPSA) is 71.5 Å². The van der Waals surface area contributed by atoms with Gasteiger partial charge in [0.1, 0.15) is 0 Å². The molecule has 2 rings (SSSR count). The van der Waals surface area contributed by atoms with Crippen molar-refractivity contribution in [1.82, 2.24) is 4.31 Å². The molecule has 2 heterocycles. The molecule has 1 fully saturated rings. The molecule has 0 spiro atoms. The number of hydrogen-bond acceptors (Lipinski definition) is 5. The predicted octanol–water partition coefficient (Wildman–Crippen LogP) is 0.906. The highest BCUT2D eigenvalue weighted by molar-refractivity contribution is 7.92. The summed E-state index contributed by atoms with van der Waals surface area (Å²) in [4.78, 5) is 0.784. The van der Waals surface area contributed by atoms with Crippen LogP contribution in [0, 0.1) is 0 Å². The largest absolute Gasteiger partial charge is 0.244 e. The summed E-state index contributed by atoms with van der Waals surface area (Å²) in [5, 5.41) is 1.67. The molecular formula is C9H12ClNO4S3. The van der Waals surface area contributed by atoms with Crippen molar-refractivity contribution >= 4 is 42.8 Å². The lowest BCUT2D eigenvalue weighted by Gasteiger charge is -2.25. The molecule has 1 aromatic heterocycles. The monoisotopic (exact) mass is 329 g/mol. The third kappa shape index (κ3) is 2.72. The maximum Gasteiger partial charge on any atom is 0.244 e. The van der Waals surface area contributed by atoms with E-state index in [2.05, 4.69) is 0 Å². The van der Waals surface area contributed by atoms with Crippen molar-refractivity contribution in [3.8, 4) is 0 Å². The van der Waals surface area contributed by atoms with Crippen LogP contribution in [-0.4, -0.2) is 45.7 Å². The average molecular weight is 330 g/mol. The zero-order valence-corrected chi connectivity index (χ0v) is 12.6. The molecule has 1 aromatic rings. The number of sulfone groups is 1. The van der Waals surface area contributed by atoms with Crippen LogP contribution in [-0.2, 0) is 25.7 Å². The Morgan fingerprint density at radius 3 is 2.50 bits per heavy atom. The van der Waals surface area contributed by atoms with Gasteiger partial charge in [0.05, 0.1) is 22.3 Å². The molecule has 0 atom stereocenters. The van der Waals surface area contributed by atoms with Gasteiger partial charge in [0.15, 0.2) is 9.84 Å². The molecule has 5 nitrogen and oxygen atoms in total. The lowest BCUT2D eigenvalue weighted by atomic mass is 10.5. The van der Waals surface area contributed by atoms with Gasteiger partial charge in [-0.1, -0.05) is 0 Å². The van der Waals surface area contributed by atoms with Gasteiger partial charge in [0, 0.05) is 18.0 Å². The van der Waals surface area contributed by atoms with Gasteiger partial charge in [0.2, 0.25) is 10.0 Å². The SMILES string of the molecule is O=S1(=O)CCN(S(=O)(=O)c2ccsc2CCl)CC1. The Morgan fingerprint density at radius 1 is 1.33 bits per heavy atom. The Bertz CT molecular complexity index is 621. The fraction of sp³-hybridized carbons (Fsp3) is 0.556. The van der Waals surface area contributed by atoms with Crippen LogP contribution in [0.15, 0.2) is 16.3 Å². The Labute approximate surface area is 115 Å². The molecular weight excluding hydrogens is 318 g/mol. The summed E-state index contributed by atoms with van der Waals surface area (Å²) < 4.78 is 48.4. The molecule has 0 aliphatic carbocycles. The van der Waals surface area contributed by atoms with Gasteiger partial charge in [-0.05, 0) is 11.4 Å². The van der Waals surface area contributed by atoms with Gasteiger partial charge in [-0.3, -0.25) is 0 Å². The van der Waals surface area contributed by atoms with Crippen molar-refractivity contribution in [1.29, 1.82) is 0 Å². The summed E-state index contributed by atoms with van der Waals surface area (Å²) in [6, 6.07) is 1.51. The molecule has 0 aromatic carbocycles. The zero-order chi connectivity index (χ0) is 13.4. The van der Waals surface area contributed by atoms with Gasteiger partial charge in [-0.2, -0.15) is 4.31 Å². The van der Waals surface area contributed by atoms with E-state index < -0.39 is 19.9 Å². The van der Waals surface area contributed by atoms with E-state index in [0.29, 0.717) is 4.88 Å². The minimum atomic E-state index is -3.62. The van der Waals surface area contributed by atoms with Crippen LogP contribution in [0.1, 0.15) is 4.88 Å². The average Bonchev–Trinajstić information content (AvgIpc) is 2.77. The van der Waals surface area contributed by atoms with E-state index in [-0.39, 0.29) is 35.4 Å². The van der Waals surface area contributed by atoms with Gasteiger partial charge in [-0.25, -0.2) is 16.8 Å². The highest BCUT2D eigenvalue weighted by Gasteiger charge is 2.32. The molecule has 1 aliphatic rings. The van der Waals surface area contributed by atoms with Crippen molar-refractivity contribution in [3.63, 3.8) is 0 Å². The summed E-state index contributed by atoms with van der Waals surface area (Å²) in [5.41, 5.74) is 0. The fourth-order valence-electron chi connectivity index (χ4n) is 1.73. The van der Waals surface area contributed by atoms with E-state index >= 15 is 0 Å². The minimum absolute atomic E-state index is 0.0161. The summed E-state index contributed by atoms with van der Waals surface area (Å²) >= 11 is 6.98. The minimum Gasteiger partial charge on any atom is -0.229 e. The van der Waals surface area contributed by atoms with Crippen LogP contribution < -0.4 is 0 Å². The van der Waals surface area contributed by atoms with Crippen molar-refractivity contribution in [2.45, 2.75) is 10.8 Å². The van der Waals surface area contributed by atoms with Crippen molar-refractivity contribution < 1.29 is 16.8 Å². The molecule has 0 saturated carbocycles. The summed E-state index contributed by atoms with van der Waals surface area (Å²) in [6.07, 6.45) is 0. The molecule has 0 N–H and O–H groups in total. The van der Waals surface area contributed by atoms with Crippen molar-refractivity contribution in [2.24, 2.45) is 0 Å². The second-order valence-corrected chi connectivity index (χ2v) is 9.38. The normalized spacial score (nSPS) is 20.9. The molecule has 0 radical (unpaired) electrons. The number of hydrogen-bond donors (Lipinski definition) is 0. The summed E-state index contributed by atoms with van der Waals surface area (Å²) in [5.74, 6) is -0.0997. The first-order valence-electron chi connectivity index (χ1n) is 5.20. The molecule has 1 aliphatic heterocycles. The van der Waals surface area contributed by atoms with E-state index in [9.17, 15) is 16.8 Å². The molecule has 0 amide bonds. The molecule has 0 bridgehead atoms. The number of halogens is 1. The van der Waals surface area contributed by atoms with Crippen LogP contribution in [0.3, 0.4) is 0 Å². The lowest BCUT2D eigenvalue weighted by Crippen LogP contribution is -2.43. The van der Waals surface area contributed by atoms with E-state index in [1.807, 2.05) is 0 Å². The fourth-order valence-corrected chi connectivity index (χ4v) is 6.28. The standard InChI is InChI=1S/C9H12ClNO4S3/c10-7-8-9(1-4-16-8)18(14,15)11-2-5-17(12,13)6-3-11/h1,4H,2-3,5-7H2. The second kappa shape index (κ2) is 5.09. The van der Waals surface area contributed by atoms with E-state index in [4.69, 9.17) is 11.6 Å². The number of rotatable bonds is 3. The Hall–Kier alpha value is -0.150. The molecule has 102 valence electrons. The van der Waals surface area contributed by atoms with Gasteiger partial charge in [-0.15, -0.1) is 22.9 Å². The van der Waals surface area contributed by atoms with Crippen molar-refractivity contribution in [2.75, 3.05) is 24.6 Å². The highest BCUT2D eigenvalue weighted by Crippen LogP contribution is 2.27. The number of sulfonamides is 1. The van der Waals surface area contributed by atoms with Crippen LogP contribution in [0.5, 0.6) is 0 Å². The Balaban J connectivity index is 2.28. The quantitative estimate of drug-likeness (QED) is 0.773. The van der Waals surface area contributed by atoms with E-state index in [1.165, 1.54) is 21.7 Å². The van der Waals surface area contributed by atoms with Gasteiger partial charge in [0.25, 0.3) is 0 Å². The molecule has 0 unspecified atom stereocenters.